The molecule has 0 radical (unpaired) electrons. The Bertz CT molecular complexity index is 968. The number of rotatable bonds is 10. The van der Waals surface area contributed by atoms with E-state index in [9.17, 15) is 4.79 Å². The fourth-order valence-corrected chi connectivity index (χ4v) is 4.30. The molecule has 0 aliphatic carbocycles. The van der Waals surface area contributed by atoms with E-state index in [-0.39, 0.29) is 17.8 Å². The number of carbonyl (C=O) groups excluding carboxylic acids is 1. The van der Waals surface area contributed by atoms with E-state index in [0.717, 1.165) is 18.1 Å². The lowest BCUT2D eigenvalue weighted by molar-refractivity contribution is -0.113. The monoisotopic (exact) mass is 459 g/mol. The maximum Gasteiger partial charge on any atom is 0.236 e. The van der Waals surface area contributed by atoms with E-state index in [2.05, 4.69) is 64.9 Å². The van der Waals surface area contributed by atoms with Crippen molar-refractivity contribution >= 4 is 34.1 Å². The van der Waals surface area contributed by atoms with Crippen LogP contribution in [0.1, 0.15) is 58.0 Å². The van der Waals surface area contributed by atoms with Crippen LogP contribution in [0.4, 0.5) is 5.13 Å². The zero-order valence-electron chi connectivity index (χ0n) is 18.5. The summed E-state index contributed by atoms with van der Waals surface area (Å²) >= 11 is 2.76. The summed E-state index contributed by atoms with van der Waals surface area (Å²) in [4.78, 5) is 16.3. The summed E-state index contributed by atoms with van der Waals surface area (Å²) in [5.74, 6) is 2.55. The van der Waals surface area contributed by atoms with Crippen molar-refractivity contribution in [1.29, 1.82) is 0 Å². The highest BCUT2D eigenvalue weighted by Crippen LogP contribution is 2.27. The van der Waals surface area contributed by atoms with Crippen LogP contribution in [0.15, 0.2) is 41.0 Å². The molecule has 0 saturated heterocycles. The van der Waals surface area contributed by atoms with E-state index in [1.807, 2.05) is 24.4 Å². The quantitative estimate of drug-likeness (QED) is 0.410. The molecule has 2 aromatic heterocycles. The number of thiazole rings is 1. The summed E-state index contributed by atoms with van der Waals surface area (Å²) in [5, 5.41) is 14.7. The lowest BCUT2D eigenvalue weighted by atomic mass is 10.0. The van der Waals surface area contributed by atoms with Gasteiger partial charge in [-0.25, -0.2) is 4.98 Å². The molecule has 9 heteroatoms. The van der Waals surface area contributed by atoms with E-state index < -0.39 is 0 Å². The van der Waals surface area contributed by atoms with E-state index in [4.69, 9.17) is 4.74 Å². The molecule has 0 saturated carbocycles. The summed E-state index contributed by atoms with van der Waals surface area (Å²) < 4.78 is 8.20. The van der Waals surface area contributed by atoms with Crippen LogP contribution in [0, 0.1) is 5.92 Å². The molecular weight excluding hydrogens is 430 g/mol. The maximum atomic E-state index is 12.2. The third-order valence-corrected chi connectivity index (χ3v) is 6.18. The maximum absolute atomic E-state index is 12.2. The van der Waals surface area contributed by atoms with Crippen molar-refractivity contribution in [1.82, 2.24) is 19.7 Å². The standard InChI is InChI=1S/C22H29N5O2S2/c1-14(2)12-27-20(16(5)29-18-8-6-17(7-9-18)15(3)4)25-26-22(27)31-13-19(28)24-21-23-10-11-30-21/h6-11,14-16H,12-13H2,1-5H3,(H,23,24,28). The average molecular weight is 460 g/mol. The molecule has 166 valence electrons. The van der Waals surface area contributed by atoms with Crippen LogP contribution in [0.5, 0.6) is 5.75 Å². The summed E-state index contributed by atoms with van der Waals surface area (Å²) in [7, 11) is 0. The van der Waals surface area contributed by atoms with Crippen molar-refractivity contribution in [2.75, 3.05) is 11.1 Å². The first-order valence-corrected chi connectivity index (χ1v) is 12.2. The zero-order chi connectivity index (χ0) is 22.4. The number of thioether (sulfide) groups is 1. The van der Waals surface area contributed by atoms with Crippen LogP contribution in [0.3, 0.4) is 0 Å². The first kappa shape index (κ1) is 23.3. The molecule has 0 fully saturated rings. The largest absolute Gasteiger partial charge is 0.483 e. The van der Waals surface area contributed by atoms with Crippen LogP contribution in [-0.2, 0) is 11.3 Å². The number of nitrogens with zero attached hydrogens (tertiary/aromatic N) is 4. The number of benzene rings is 1. The summed E-state index contributed by atoms with van der Waals surface area (Å²) in [5.41, 5.74) is 1.28. The zero-order valence-corrected chi connectivity index (χ0v) is 20.2. The molecule has 2 heterocycles. The number of hydrogen-bond donors (Lipinski definition) is 1. The predicted molar refractivity (Wildman–Crippen MR) is 126 cm³/mol. The first-order valence-electron chi connectivity index (χ1n) is 10.3. The molecule has 0 aliphatic heterocycles. The van der Waals surface area contributed by atoms with Gasteiger partial charge < -0.3 is 14.6 Å². The van der Waals surface area contributed by atoms with Gasteiger partial charge in [-0.05, 0) is 36.5 Å². The molecule has 1 unspecified atom stereocenters. The van der Waals surface area contributed by atoms with Gasteiger partial charge in [0.1, 0.15) is 5.75 Å². The van der Waals surface area contributed by atoms with E-state index in [1.165, 1.54) is 28.7 Å². The van der Waals surface area contributed by atoms with E-state index in [1.54, 1.807) is 6.20 Å². The number of aromatic nitrogens is 4. The van der Waals surface area contributed by atoms with Crippen molar-refractivity contribution in [3.63, 3.8) is 0 Å². The SMILES string of the molecule is CC(C)Cn1c(SCC(=O)Nc2nccs2)nnc1C(C)Oc1ccc(C(C)C)cc1. The minimum absolute atomic E-state index is 0.116. The minimum atomic E-state index is -0.269. The molecule has 0 bridgehead atoms. The summed E-state index contributed by atoms with van der Waals surface area (Å²) in [6.07, 6.45) is 1.39. The number of anilines is 1. The minimum Gasteiger partial charge on any atom is -0.483 e. The Labute approximate surface area is 191 Å². The van der Waals surface area contributed by atoms with Crippen molar-refractivity contribution in [3.05, 3.63) is 47.2 Å². The Balaban J connectivity index is 1.69. The van der Waals surface area contributed by atoms with Crippen molar-refractivity contribution in [3.8, 4) is 5.75 Å². The Kier molecular flexibility index (Phi) is 8.09. The van der Waals surface area contributed by atoms with Gasteiger partial charge in [0.2, 0.25) is 5.91 Å². The second-order valence-corrected chi connectivity index (χ2v) is 9.84. The Morgan fingerprint density at radius 2 is 1.90 bits per heavy atom. The smallest absolute Gasteiger partial charge is 0.236 e. The molecule has 0 aliphatic rings. The topological polar surface area (TPSA) is 81.9 Å². The van der Waals surface area contributed by atoms with Gasteiger partial charge >= 0.3 is 0 Å². The van der Waals surface area contributed by atoms with Crippen LogP contribution >= 0.6 is 23.1 Å². The van der Waals surface area contributed by atoms with Crippen LogP contribution < -0.4 is 10.1 Å². The lowest BCUT2D eigenvalue weighted by Gasteiger charge is -2.18. The van der Waals surface area contributed by atoms with Gasteiger partial charge in [-0.1, -0.05) is 51.6 Å². The van der Waals surface area contributed by atoms with Gasteiger partial charge in [-0.3, -0.25) is 4.79 Å². The lowest BCUT2D eigenvalue weighted by Crippen LogP contribution is -2.17. The van der Waals surface area contributed by atoms with Crippen LogP contribution in [0.2, 0.25) is 0 Å². The predicted octanol–water partition coefficient (Wildman–Crippen LogP) is 5.38. The molecular formula is C22H29N5O2S2. The highest BCUT2D eigenvalue weighted by Gasteiger charge is 2.21. The Morgan fingerprint density at radius 3 is 2.52 bits per heavy atom. The third-order valence-electron chi connectivity index (χ3n) is 4.53. The van der Waals surface area contributed by atoms with Gasteiger partial charge in [0.15, 0.2) is 22.2 Å². The fraction of sp³-hybridized carbons (Fsp3) is 0.455. The Hall–Kier alpha value is -2.39. The van der Waals surface area contributed by atoms with Crippen molar-refractivity contribution in [2.45, 2.75) is 58.3 Å². The average Bonchev–Trinajstić information content (AvgIpc) is 3.36. The van der Waals surface area contributed by atoms with Crippen LogP contribution in [0.25, 0.3) is 0 Å². The first-order chi connectivity index (χ1) is 14.8. The van der Waals surface area contributed by atoms with Gasteiger partial charge in [0.25, 0.3) is 0 Å². The molecule has 1 amide bonds. The van der Waals surface area contributed by atoms with Gasteiger partial charge in [-0.2, -0.15) is 0 Å². The number of ether oxygens (including phenoxy) is 1. The third kappa shape index (κ3) is 6.54. The number of amides is 1. The molecule has 3 rings (SSSR count). The molecule has 7 nitrogen and oxygen atoms in total. The van der Waals surface area contributed by atoms with Gasteiger partial charge in [0.05, 0.1) is 5.75 Å². The second-order valence-electron chi connectivity index (χ2n) is 8.00. The number of carbonyl (C=O) groups is 1. The highest BCUT2D eigenvalue weighted by atomic mass is 32.2. The number of hydrogen-bond acceptors (Lipinski definition) is 7. The van der Waals surface area contributed by atoms with Gasteiger partial charge in [-0.15, -0.1) is 21.5 Å². The van der Waals surface area contributed by atoms with E-state index >= 15 is 0 Å². The van der Waals surface area contributed by atoms with Crippen molar-refractivity contribution in [2.24, 2.45) is 5.92 Å². The number of nitrogens with one attached hydrogen (secondary N) is 1. The molecule has 0 spiro atoms. The Morgan fingerprint density at radius 1 is 1.16 bits per heavy atom. The molecule has 1 aromatic carbocycles. The van der Waals surface area contributed by atoms with E-state index in [0.29, 0.717) is 22.1 Å². The normalized spacial score (nSPS) is 12.4. The molecule has 1 N–H and O–H groups in total. The van der Waals surface area contributed by atoms with Crippen molar-refractivity contribution < 1.29 is 9.53 Å². The molecule has 1 atom stereocenters. The second kappa shape index (κ2) is 10.8. The summed E-state index contributed by atoms with van der Waals surface area (Å²) in [6.45, 7) is 11.3. The fourth-order valence-electron chi connectivity index (χ4n) is 3.00. The molecule has 31 heavy (non-hydrogen) atoms. The van der Waals surface area contributed by atoms with Crippen LogP contribution in [-0.4, -0.2) is 31.4 Å². The molecule has 3 aromatic rings. The van der Waals surface area contributed by atoms with Gasteiger partial charge in [0, 0.05) is 18.1 Å². The summed E-state index contributed by atoms with van der Waals surface area (Å²) in [6, 6.07) is 8.17. The highest BCUT2D eigenvalue weighted by molar-refractivity contribution is 7.99.